The van der Waals surface area contributed by atoms with Crippen LogP contribution in [0.5, 0.6) is 11.5 Å². The van der Waals surface area contributed by atoms with Gasteiger partial charge in [-0.15, -0.1) is 0 Å². The SMILES string of the molecule is C[C@H](OC(=O)c1cc(O)c2ccccc2c1O)C(=O)N1CCCCCC1. The molecular weight excluding hydrogens is 334 g/mol. The van der Waals surface area contributed by atoms with Gasteiger partial charge in [-0.05, 0) is 25.8 Å². The molecule has 0 radical (unpaired) electrons. The summed E-state index contributed by atoms with van der Waals surface area (Å²) in [5.41, 5.74) is -0.156. The Morgan fingerprint density at radius 3 is 2.31 bits per heavy atom. The second-order valence-corrected chi connectivity index (χ2v) is 6.62. The maximum absolute atomic E-state index is 12.5. The van der Waals surface area contributed by atoms with E-state index in [0.717, 1.165) is 25.7 Å². The zero-order valence-electron chi connectivity index (χ0n) is 14.8. The van der Waals surface area contributed by atoms with E-state index in [-0.39, 0.29) is 23.0 Å². The maximum Gasteiger partial charge on any atom is 0.342 e. The number of amides is 1. The predicted molar refractivity (Wildman–Crippen MR) is 97.2 cm³/mol. The summed E-state index contributed by atoms with van der Waals surface area (Å²) >= 11 is 0. The molecule has 3 rings (SSSR count). The van der Waals surface area contributed by atoms with E-state index >= 15 is 0 Å². The number of fused-ring (bicyclic) bond motifs is 1. The van der Waals surface area contributed by atoms with Gasteiger partial charge in [-0.3, -0.25) is 4.79 Å². The second kappa shape index (κ2) is 7.64. The van der Waals surface area contributed by atoms with Crippen molar-refractivity contribution >= 4 is 22.6 Å². The highest BCUT2D eigenvalue weighted by Gasteiger charge is 2.26. The average molecular weight is 357 g/mol. The quantitative estimate of drug-likeness (QED) is 0.651. The van der Waals surface area contributed by atoms with E-state index in [4.69, 9.17) is 4.74 Å². The van der Waals surface area contributed by atoms with Crippen molar-refractivity contribution in [1.82, 2.24) is 4.90 Å². The van der Waals surface area contributed by atoms with Gasteiger partial charge < -0.3 is 19.8 Å². The van der Waals surface area contributed by atoms with Gasteiger partial charge in [0, 0.05) is 23.9 Å². The van der Waals surface area contributed by atoms with Crippen LogP contribution in [-0.2, 0) is 9.53 Å². The number of carbonyl (C=O) groups excluding carboxylic acids is 2. The van der Waals surface area contributed by atoms with Crippen molar-refractivity contribution in [2.45, 2.75) is 38.7 Å². The van der Waals surface area contributed by atoms with Crippen LogP contribution in [-0.4, -0.2) is 46.2 Å². The Labute approximate surface area is 152 Å². The first kappa shape index (κ1) is 18.0. The van der Waals surface area contributed by atoms with Crippen molar-refractivity contribution in [1.29, 1.82) is 0 Å². The standard InChI is InChI=1S/C20H23NO5/c1-13(19(24)21-10-6-2-3-7-11-21)26-20(25)16-12-17(22)14-8-4-5-9-15(14)18(16)23/h4-5,8-9,12-13,22-23H,2-3,6-7,10-11H2,1H3/t13-/m0/s1. The third-order valence-electron chi connectivity index (χ3n) is 4.76. The summed E-state index contributed by atoms with van der Waals surface area (Å²) in [5, 5.41) is 21.3. The Morgan fingerprint density at radius 2 is 1.65 bits per heavy atom. The molecule has 2 aromatic rings. The first-order valence-electron chi connectivity index (χ1n) is 8.92. The number of ether oxygens (including phenoxy) is 1. The number of hydrogen-bond acceptors (Lipinski definition) is 5. The van der Waals surface area contributed by atoms with Gasteiger partial charge in [-0.2, -0.15) is 0 Å². The van der Waals surface area contributed by atoms with Crippen molar-refractivity contribution in [3.63, 3.8) is 0 Å². The van der Waals surface area contributed by atoms with Gasteiger partial charge in [-0.1, -0.05) is 37.1 Å². The fraction of sp³-hybridized carbons (Fsp3) is 0.400. The van der Waals surface area contributed by atoms with Gasteiger partial charge in [0.1, 0.15) is 17.1 Å². The summed E-state index contributed by atoms with van der Waals surface area (Å²) in [5.74, 6) is -1.46. The first-order valence-corrected chi connectivity index (χ1v) is 8.92. The van der Waals surface area contributed by atoms with Crippen LogP contribution in [0.4, 0.5) is 0 Å². The van der Waals surface area contributed by atoms with Crippen LogP contribution < -0.4 is 0 Å². The molecular formula is C20H23NO5. The van der Waals surface area contributed by atoms with E-state index in [0.29, 0.717) is 23.9 Å². The van der Waals surface area contributed by atoms with Crippen LogP contribution in [0.2, 0.25) is 0 Å². The van der Waals surface area contributed by atoms with Crippen LogP contribution in [0.1, 0.15) is 43.0 Å². The number of nitrogens with zero attached hydrogens (tertiary/aromatic N) is 1. The maximum atomic E-state index is 12.5. The normalized spacial score (nSPS) is 16.1. The van der Waals surface area contributed by atoms with E-state index in [2.05, 4.69) is 0 Å². The topological polar surface area (TPSA) is 87.1 Å². The molecule has 1 aliphatic rings. The minimum absolute atomic E-state index is 0.128. The highest BCUT2D eigenvalue weighted by Crippen LogP contribution is 2.35. The Balaban J connectivity index is 1.78. The predicted octanol–water partition coefficient (Wildman–Crippen LogP) is 3.20. The molecule has 0 unspecified atom stereocenters. The van der Waals surface area contributed by atoms with Crippen molar-refractivity contribution in [2.75, 3.05) is 13.1 Å². The van der Waals surface area contributed by atoms with Gasteiger partial charge in [0.05, 0.1) is 0 Å². The van der Waals surface area contributed by atoms with Gasteiger partial charge in [0.15, 0.2) is 6.10 Å². The molecule has 1 aliphatic heterocycles. The number of esters is 1. The van der Waals surface area contributed by atoms with Crippen LogP contribution >= 0.6 is 0 Å². The van der Waals surface area contributed by atoms with Crippen molar-refractivity contribution in [3.05, 3.63) is 35.9 Å². The molecule has 1 atom stereocenters. The number of hydrogen-bond donors (Lipinski definition) is 2. The fourth-order valence-electron chi connectivity index (χ4n) is 3.32. The molecule has 1 heterocycles. The van der Waals surface area contributed by atoms with Crippen molar-refractivity contribution in [2.24, 2.45) is 0 Å². The molecule has 138 valence electrons. The average Bonchev–Trinajstić information content (AvgIpc) is 2.93. The van der Waals surface area contributed by atoms with E-state index in [1.54, 1.807) is 29.2 Å². The molecule has 1 saturated heterocycles. The third kappa shape index (κ3) is 3.59. The molecule has 6 heteroatoms. The number of benzene rings is 2. The Morgan fingerprint density at radius 1 is 1.04 bits per heavy atom. The molecule has 1 amide bonds. The number of phenolic OH excluding ortho intramolecular Hbond substituents is 2. The van der Waals surface area contributed by atoms with Gasteiger partial charge >= 0.3 is 5.97 Å². The van der Waals surface area contributed by atoms with Crippen LogP contribution in [0.25, 0.3) is 10.8 Å². The molecule has 0 aromatic heterocycles. The summed E-state index contributed by atoms with van der Waals surface area (Å²) in [6.45, 7) is 2.87. The molecule has 0 saturated carbocycles. The molecule has 26 heavy (non-hydrogen) atoms. The van der Waals surface area contributed by atoms with Gasteiger partial charge in [0.25, 0.3) is 5.91 Å². The number of rotatable bonds is 3. The minimum Gasteiger partial charge on any atom is -0.507 e. The first-order chi connectivity index (χ1) is 12.5. The lowest BCUT2D eigenvalue weighted by molar-refractivity contribution is -0.139. The number of aromatic hydroxyl groups is 2. The Kier molecular flexibility index (Phi) is 5.30. The molecule has 0 bridgehead atoms. The highest BCUT2D eigenvalue weighted by atomic mass is 16.5. The van der Waals surface area contributed by atoms with E-state index in [1.807, 2.05) is 0 Å². The molecule has 0 aliphatic carbocycles. The lowest BCUT2D eigenvalue weighted by atomic mass is 10.0. The van der Waals surface area contributed by atoms with Crippen LogP contribution in [0.3, 0.4) is 0 Å². The Bertz CT molecular complexity index is 824. The van der Waals surface area contributed by atoms with Crippen molar-refractivity contribution < 1.29 is 24.5 Å². The number of phenols is 2. The molecule has 6 nitrogen and oxygen atoms in total. The molecule has 0 spiro atoms. The lowest BCUT2D eigenvalue weighted by Gasteiger charge is -2.24. The van der Waals surface area contributed by atoms with Crippen LogP contribution in [0.15, 0.2) is 30.3 Å². The lowest BCUT2D eigenvalue weighted by Crippen LogP contribution is -2.40. The highest BCUT2D eigenvalue weighted by molar-refractivity contribution is 6.04. The second-order valence-electron chi connectivity index (χ2n) is 6.62. The van der Waals surface area contributed by atoms with Gasteiger partial charge in [0.2, 0.25) is 0 Å². The smallest absolute Gasteiger partial charge is 0.342 e. The minimum atomic E-state index is -0.950. The summed E-state index contributed by atoms with van der Waals surface area (Å²) in [6, 6.07) is 7.84. The zero-order valence-corrected chi connectivity index (χ0v) is 14.8. The third-order valence-corrected chi connectivity index (χ3v) is 4.76. The van der Waals surface area contributed by atoms with E-state index in [9.17, 15) is 19.8 Å². The summed E-state index contributed by atoms with van der Waals surface area (Å²) < 4.78 is 5.28. The fourth-order valence-corrected chi connectivity index (χ4v) is 3.32. The van der Waals surface area contributed by atoms with Crippen LogP contribution in [0, 0.1) is 0 Å². The van der Waals surface area contributed by atoms with Crippen molar-refractivity contribution in [3.8, 4) is 11.5 Å². The zero-order chi connectivity index (χ0) is 18.7. The summed E-state index contributed by atoms with van der Waals surface area (Å²) in [6.07, 6.45) is 3.15. The Hall–Kier alpha value is -2.76. The largest absolute Gasteiger partial charge is 0.507 e. The van der Waals surface area contributed by atoms with E-state index < -0.39 is 12.1 Å². The number of carbonyl (C=O) groups is 2. The summed E-state index contributed by atoms with van der Waals surface area (Å²) in [4.78, 5) is 26.7. The number of likely N-dealkylation sites (tertiary alicyclic amines) is 1. The molecule has 2 aromatic carbocycles. The monoisotopic (exact) mass is 357 g/mol. The van der Waals surface area contributed by atoms with E-state index in [1.165, 1.54) is 13.0 Å². The molecule has 1 fully saturated rings. The summed E-state index contributed by atoms with van der Waals surface area (Å²) in [7, 11) is 0. The van der Waals surface area contributed by atoms with Gasteiger partial charge in [-0.25, -0.2) is 4.79 Å². The molecule has 2 N–H and O–H groups in total.